The summed E-state index contributed by atoms with van der Waals surface area (Å²) < 4.78 is 10.8. The van der Waals surface area contributed by atoms with Gasteiger partial charge >= 0.3 is 0 Å². The van der Waals surface area contributed by atoms with Crippen LogP contribution >= 0.6 is 0 Å². The Morgan fingerprint density at radius 3 is 2.83 bits per heavy atom. The SMILES string of the molecule is CCCc1nc(CN(CC)c2cc([C@@H]3CCOC3)nc(C)n2)no1. The number of aryl methyl sites for hydroxylation is 2. The van der Waals surface area contributed by atoms with Crippen molar-refractivity contribution < 1.29 is 9.26 Å². The molecule has 7 nitrogen and oxygen atoms in total. The van der Waals surface area contributed by atoms with Gasteiger partial charge in [0.2, 0.25) is 5.89 Å². The summed E-state index contributed by atoms with van der Waals surface area (Å²) >= 11 is 0. The van der Waals surface area contributed by atoms with Crippen LogP contribution in [0, 0.1) is 6.92 Å². The van der Waals surface area contributed by atoms with Gasteiger partial charge in [-0.15, -0.1) is 0 Å². The molecule has 0 spiro atoms. The molecule has 7 heteroatoms. The second kappa shape index (κ2) is 7.70. The summed E-state index contributed by atoms with van der Waals surface area (Å²) in [7, 11) is 0. The van der Waals surface area contributed by atoms with Crippen molar-refractivity contribution in [2.75, 3.05) is 24.7 Å². The highest BCUT2D eigenvalue weighted by Gasteiger charge is 2.21. The van der Waals surface area contributed by atoms with Crippen LogP contribution in [0.5, 0.6) is 0 Å². The topological polar surface area (TPSA) is 77.2 Å². The zero-order chi connectivity index (χ0) is 16.9. The normalized spacial score (nSPS) is 17.4. The molecule has 0 radical (unpaired) electrons. The van der Waals surface area contributed by atoms with Crippen LogP contribution in [0.1, 0.15) is 55.8 Å². The van der Waals surface area contributed by atoms with E-state index in [0.717, 1.165) is 56.4 Å². The first kappa shape index (κ1) is 16.8. The lowest BCUT2D eigenvalue weighted by Gasteiger charge is -2.21. The van der Waals surface area contributed by atoms with Gasteiger partial charge in [0.1, 0.15) is 11.6 Å². The minimum absolute atomic E-state index is 0.366. The molecule has 0 N–H and O–H groups in total. The molecule has 0 bridgehead atoms. The largest absolute Gasteiger partial charge is 0.381 e. The van der Waals surface area contributed by atoms with Gasteiger partial charge in [0.15, 0.2) is 5.82 Å². The highest BCUT2D eigenvalue weighted by molar-refractivity contribution is 5.40. The Kier molecular flexibility index (Phi) is 5.40. The molecule has 24 heavy (non-hydrogen) atoms. The van der Waals surface area contributed by atoms with E-state index in [1.165, 1.54) is 0 Å². The molecule has 1 aliphatic rings. The van der Waals surface area contributed by atoms with Gasteiger partial charge in [-0.2, -0.15) is 4.98 Å². The third-order valence-electron chi connectivity index (χ3n) is 4.20. The predicted octanol–water partition coefficient (Wildman–Crippen LogP) is 2.65. The lowest BCUT2D eigenvalue weighted by Crippen LogP contribution is -2.24. The number of hydrogen-bond acceptors (Lipinski definition) is 7. The average molecular weight is 331 g/mol. The highest BCUT2D eigenvalue weighted by Crippen LogP contribution is 2.26. The van der Waals surface area contributed by atoms with E-state index in [0.29, 0.717) is 24.2 Å². The standard InChI is InChI=1S/C17H25N5O2/c1-4-6-17-20-15(21-24-17)10-22(5-2)16-9-14(18-12(3)19-16)13-7-8-23-11-13/h9,13H,4-8,10-11H2,1-3H3/t13-/m1/s1. The number of ether oxygens (including phenoxy) is 1. The van der Waals surface area contributed by atoms with Crippen molar-refractivity contribution in [1.29, 1.82) is 0 Å². The van der Waals surface area contributed by atoms with E-state index in [1.807, 2.05) is 6.92 Å². The summed E-state index contributed by atoms with van der Waals surface area (Å²) in [4.78, 5) is 15.8. The number of anilines is 1. The van der Waals surface area contributed by atoms with Gasteiger partial charge in [0.05, 0.1) is 18.8 Å². The molecule has 0 unspecified atom stereocenters. The van der Waals surface area contributed by atoms with Crippen molar-refractivity contribution in [1.82, 2.24) is 20.1 Å². The summed E-state index contributed by atoms with van der Waals surface area (Å²) in [5.41, 5.74) is 1.06. The fourth-order valence-corrected chi connectivity index (χ4v) is 2.91. The molecule has 2 aromatic heterocycles. The van der Waals surface area contributed by atoms with Gasteiger partial charge in [-0.05, 0) is 26.7 Å². The van der Waals surface area contributed by atoms with E-state index in [9.17, 15) is 0 Å². The minimum atomic E-state index is 0.366. The lowest BCUT2D eigenvalue weighted by molar-refractivity contribution is 0.193. The molecule has 1 atom stereocenters. The molecule has 3 rings (SSSR count). The molecule has 2 aromatic rings. The summed E-state index contributed by atoms with van der Waals surface area (Å²) in [5.74, 6) is 3.46. The number of aromatic nitrogens is 4. The van der Waals surface area contributed by atoms with Gasteiger partial charge < -0.3 is 14.2 Å². The van der Waals surface area contributed by atoms with Gasteiger partial charge in [-0.25, -0.2) is 9.97 Å². The number of rotatable bonds is 7. The maximum atomic E-state index is 5.49. The van der Waals surface area contributed by atoms with E-state index < -0.39 is 0 Å². The summed E-state index contributed by atoms with van der Waals surface area (Å²) in [6, 6.07) is 2.07. The third-order valence-corrected chi connectivity index (χ3v) is 4.20. The zero-order valence-corrected chi connectivity index (χ0v) is 14.7. The summed E-state index contributed by atoms with van der Waals surface area (Å²) in [6.07, 6.45) is 2.84. The first-order valence-corrected chi connectivity index (χ1v) is 8.69. The van der Waals surface area contributed by atoms with Crippen molar-refractivity contribution in [3.63, 3.8) is 0 Å². The summed E-state index contributed by atoms with van der Waals surface area (Å²) in [6.45, 7) is 9.08. The Balaban J connectivity index is 1.78. The van der Waals surface area contributed by atoms with Crippen LogP contribution in [0.3, 0.4) is 0 Å². The minimum Gasteiger partial charge on any atom is -0.381 e. The van der Waals surface area contributed by atoms with Crippen LogP contribution in [0.2, 0.25) is 0 Å². The first-order valence-electron chi connectivity index (χ1n) is 8.69. The Labute approximate surface area is 142 Å². The highest BCUT2D eigenvalue weighted by atomic mass is 16.5. The van der Waals surface area contributed by atoms with Crippen molar-refractivity contribution in [3.8, 4) is 0 Å². The molecule has 3 heterocycles. The van der Waals surface area contributed by atoms with E-state index >= 15 is 0 Å². The third kappa shape index (κ3) is 3.90. The van der Waals surface area contributed by atoms with Crippen molar-refractivity contribution >= 4 is 5.82 Å². The number of hydrogen-bond donors (Lipinski definition) is 0. The van der Waals surface area contributed by atoms with Crippen LogP contribution < -0.4 is 4.90 Å². The van der Waals surface area contributed by atoms with Crippen LogP contribution in [0.15, 0.2) is 10.6 Å². The quantitative estimate of drug-likeness (QED) is 0.772. The molecule has 0 aromatic carbocycles. The maximum Gasteiger partial charge on any atom is 0.226 e. The van der Waals surface area contributed by atoms with Gasteiger partial charge in [-0.3, -0.25) is 0 Å². The molecule has 1 aliphatic heterocycles. The first-order chi connectivity index (χ1) is 11.7. The fraction of sp³-hybridized carbons (Fsp3) is 0.647. The Bertz CT molecular complexity index is 667. The smallest absolute Gasteiger partial charge is 0.226 e. The van der Waals surface area contributed by atoms with Crippen molar-refractivity contribution in [2.45, 2.75) is 52.5 Å². The monoisotopic (exact) mass is 331 g/mol. The molecular formula is C17H25N5O2. The van der Waals surface area contributed by atoms with Gasteiger partial charge in [0.25, 0.3) is 0 Å². The van der Waals surface area contributed by atoms with E-state index in [1.54, 1.807) is 0 Å². The Morgan fingerprint density at radius 2 is 2.12 bits per heavy atom. The molecule has 0 saturated carbocycles. The molecule has 0 amide bonds. The predicted molar refractivity (Wildman–Crippen MR) is 90.0 cm³/mol. The average Bonchev–Trinajstić information content (AvgIpc) is 3.24. The summed E-state index contributed by atoms with van der Waals surface area (Å²) in [5, 5.41) is 4.08. The Hall–Kier alpha value is -2.02. The Morgan fingerprint density at radius 1 is 1.25 bits per heavy atom. The van der Waals surface area contributed by atoms with Crippen molar-refractivity contribution in [3.05, 3.63) is 29.3 Å². The number of nitrogens with zero attached hydrogens (tertiary/aromatic N) is 5. The zero-order valence-electron chi connectivity index (χ0n) is 14.7. The van der Waals surface area contributed by atoms with Crippen LogP contribution in [-0.4, -0.2) is 39.9 Å². The molecule has 0 aliphatic carbocycles. The van der Waals surface area contributed by atoms with Crippen LogP contribution in [0.4, 0.5) is 5.82 Å². The molecular weight excluding hydrogens is 306 g/mol. The second-order valence-electron chi connectivity index (χ2n) is 6.13. The maximum absolute atomic E-state index is 5.49. The second-order valence-corrected chi connectivity index (χ2v) is 6.13. The van der Waals surface area contributed by atoms with Crippen LogP contribution in [-0.2, 0) is 17.7 Å². The van der Waals surface area contributed by atoms with Gasteiger partial charge in [0, 0.05) is 31.6 Å². The van der Waals surface area contributed by atoms with Crippen molar-refractivity contribution in [2.24, 2.45) is 0 Å². The van der Waals surface area contributed by atoms with E-state index in [2.05, 4.69) is 44.9 Å². The molecule has 1 fully saturated rings. The molecule has 1 saturated heterocycles. The van der Waals surface area contributed by atoms with E-state index in [-0.39, 0.29) is 0 Å². The fourth-order valence-electron chi connectivity index (χ4n) is 2.91. The lowest BCUT2D eigenvalue weighted by atomic mass is 10.0. The van der Waals surface area contributed by atoms with Crippen LogP contribution in [0.25, 0.3) is 0 Å². The van der Waals surface area contributed by atoms with Gasteiger partial charge in [-0.1, -0.05) is 12.1 Å². The molecule has 130 valence electrons. The van der Waals surface area contributed by atoms with E-state index in [4.69, 9.17) is 9.26 Å².